The zero-order valence-electron chi connectivity index (χ0n) is 18.1. The molecule has 32 heavy (non-hydrogen) atoms. The standard InChI is InChI=1S/C24H27N5O3/c1-25-23(31)16-6-7-21-20(12-16)26-24(32)29(21)19-8-10-27(11-9-19)15-22(30)28-13-17-4-2-3-5-18(17)14-28/h2-7,12,19H,8-11,13-15H2,1H3,(H,25,31)(H,26,32). The van der Waals surface area contributed by atoms with Crippen LogP contribution in [0.5, 0.6) is 0 Å². The van der Waals surface area contributed by atoms with Gasteiger partial charge >= 0.3 is 5.69 Å². The van der Waals surface area contributed by atoms with E-state index in [1.165, 1.54) is 11.1 Å². The quantitative estimate of drug-likeness (QED) is 0.657. The molecule has 166 valence electrons. The second kappa shape index (κ2) is 8.27. The Balaban J connectivity index is 1.23. The lowest BCUT2D eigenvalue weighted by Gasteiger charge is -2.33. The molecule has 3 aromatic rings. The number of likely N-dealkylation sites (tertiary alicyclic amines) is 1. The number of hydrogen-bond donors (Lipinski definition) is 2. The summed E-state index contributed by atoms with van der Waals surface area (Å²) in [6.07, 6.45) is 1.61. The maximum Gasteiger partial charge on any atom is 0.326 e. The molecule has 1 fully saturated rings. The zero-order chi connectivity index (χ0) is 22.2. The van der Waals surface area contributed by atoms with E-state index in [9.17, 15) is 14.4 Å². The highest BCUT2D eigenvalue weighted by Crippen LogP contribution is 2.26. The Morgan fingerprint density at radius 2 is 1.75 bits per heavy atom. The molecular formula is C24H27N5O3. The van der Waals surface area contributed by atoms with Crippen molar-refractivity contribution < 1.29 is 9.59 Å². The molecule has 0 aliphatic carbocycles. The molecule has 2 amide bonds. The largest absolute Gasteiger partial charge is 0.355 e. The predicted octanol–water partition coefficient (Wildman–Crippen LogP) is 1.87. The number of nitrogens with zero attached hydrogens (tertiary/aromatic N) is 3. The molecule has 0 bridgehead atoms. The van der Waals surface area contributed by atoms with Crippen LogP contribution in [-0.4, -0.2) is 57.8 Å². The molecule has 1 saturated heterocycles. The van der Waals surface area contributed by atoms with Crippen molar-refractivity contribution in [2.75, 3.05) is 26.7 Å². The number of amides is 2. The third-order valence-electron chi connectivity index (χ3n) is 6.68. The van der Waals surface area contributed by atoms with Gasteiger partial charge in [-0.25, -0.2) is 4.79 Å². The molecule has 8 nitrogen and oxygen atoms in total. The van der Waals surface area contributed by atoms with Gasteiger partial charge in [0.15, 0.2) is 0 Å². The van der Waals surface area contributed by atoms with Crippen molar-refractivity contribution in [3.05, 3.63) is 69.6 Å². The fraction of sp³-hybridized carbons (Fsp3) is 0.375. The first kappa shape index (κ1) is 20.5. The molecular weight excluding hydrogens is 406 g/mol. The van der Waals surface area contributed by atoms with Crippen LogP contribution in [0.1, 0.15) is 40.4 Å². The first-order chi connectivity index (χ1) is 15.5. The van der Waals surface area contributed by atoms with E-state index in [2.05, 4.69) is 27.3 Å². The fourth-order valence-electron chi connectivity index (χ4n) is 4.92. The molecule has 0 saturated carbocycles. The van der Waals surface area contributed by atoms with E-state index >= 15 is 0 Å². The molecule has 3 heterocycles. The summed E-state index contributed by atoms with van der Waals surface area (Å²) in [6, 6.07) is 13.6. The van der Waals surface area contributed by atoms with Gasteiger partial charge in [-0.05, 0) is 42.2 Å². The minimum absolute atomic E-state index is 0.0736. The SMILES string of the molecule is CNC(=O)c1ccc2c(c1)[nH]c(=O)n2C1CCN(CC(=O)N2Cc3ccccc3C2)CC1. The van der Waals surface area contributed by atoms with Crippen LogP contribution in [0.2, 0.25) is 0 Å². The van der Waals surface area contributed by atoms with Crippen molar-refractivity contribution in [1.82, 2.24) is 24.7 Å². The van der Waals surface area contributed by atoms with Crippen molar-refractivity contribution >= 4 is 22.8 Å². The van der Waals surface area contributed by atoms with Crippen molar-refractivity contribution in [3.63, 3.8) is 0 Å². The maximum absolute atomic E-state index is 12.8. The zero-order valence-corrected chi connectivity index (χ0v) is 18.1. The number of aromatic amines is 1. The minimum Gasteiger partial charge on any atom is -0.355 e. The van der Waals surface area contributed by atoms with Crippen molar-refractivity contribution in [3.8, 4) is 0 Å². The average molecular weight is 434 g/mol. The highest BCUT2D eigenvalue weighted by Gasteiger charge is 2.28. The number of benzene rings is 2. The number of hydrogen-bond acceptors (Lipinski definition) is 4. The highest BCUT2D eigenvalue weighted by atomic mass is 16.2. The summed E-state index contributed by atoms with van der Waals surface area (Å²) in [5, 5.41) is 2.60. The van der Waals surface area contributed by atoms with Gasteiger partial charge in [-0.1, -0.05) is 24.3 Å². The predicted molar refractivity (Wildman–Crippen MR) is 121 cm³/mol. The Morgan fingerprint density at radius 1 is 1.06 bits per heavy atom. The lowest BCUT2D eigenvalue weighted by Crippen LogP contribution is -2.43. The number of carbonyl (C=O) groups excluding carboxylic acids is 2. The van der Waals surface area contributed by atoms with Crippen LogP contribution in [0.25, 0.3) is 11.0 Å². The summed E-state index contributed by atoms with van der Waals surface area (Å²) >= 11 is 0. The fourth-order valence-corrected chi connectivity index (χ4v) is 4.92. The number of carbonyl (C=O) groups is 2. The Kier molecular flexibility index (Phi) is 5.30. The molecule has 0 spiro atoms. The van der Waals surface area contributed by atoms with E-state index in [4.69, 9.17) is 0 Å². The smallest absolute Gasteiger partial charge is 0.326 e. The van der Waals surface area contributed by atoms with Gasteiger partial charge in [-0.3, -0.25) is 19.1 Å². The van der Waals surface area contributed by atoms with Crippen molar-refractivity contribution in [1.29, 1.82) is 0 Å². The molecule has 2 N–H and O–H groups in total. The molecule has 0 radical (unpaired) electrons. The van der Waals surface area contributed by atoms with Gasteiger partial charge in [-0.2, -0.15) is 0 Å². The summed E-state index contributed by atoms with van der Waals surface area (Å²) in [6.45, 7) is 3.33. The number of piperidine rings is 1. The normalized spacial score (nSPS) is 17.0. The Hall–Kier alpha value is -3.39. The van der Waals surface area contributed by atoms with Crippen LogP contribution in [0, 0.1) is 0 Å². The third-order valence-corrected chi connectivity index (χ3v) is 6.68. The lowest BCUT2D eigenvalue weighted by atomic mass is 10.0. The monoisotopic (exact) mass is 433 g/mol. The molecule has 5 rings (SSSR count). The molecule has 0 unspecified atom stereocenters. The van der Waals surface area contributed by atoms with Gasteiger partial charge < -0.3 is 15.2 Å². The van der Waals surface area contributed by atoms with E-state index < -0.39 is 0 Å². The van der Waals surface area contributed by atoms with Gasteiger partial charge in [0.1, 0.15) is 0 Å². The number of rotatable bonds is 4. The summed E-state index contributed by atoms with van der Waals surface area (Å²) in [5.41, 5.74) is 4.31. The van der Waals surface area contributed by atoms with Crippen molar-refractivity contribution in [2.45, 2.75) is 32.0 Å². The maximum atomic E-state index is 12.8. The summed E-state index contributed by atoms with van der Waals surface area (Å²) in [4.78, 5) is 44.4. The van der Waals surface area contributed by atoms with Crippen LogP contribution in [-0.2, 0) is 17.9 Å². The van der Waals surface area contributed by atoms with E-state index in [0.29, 0.717) is 30.7 Å². The van der Waals surface area contributed by atoms with E-state index in [1.807, 2.05) is 23.1 Å². The number of nitrogens with one attached hydrogen (secondary N) is 2. The number of aromatic nitrogens is 2. The van der Waals surface area contributed by atoms with Crippen LogP contribution in [0.3, 0.4) is 0 Å². The van der Waals surface area contributed by atoms with E-state index in [0.717, 1.165) is 31.4 Å². The summed E-state index contributed by atoms with van der Waals surface area (Å²) in [7, 11) is 1.58. The Labute approximate surface area is 185 Å². The Morgan fingerprint density at radius 3 is 2.41 bits per heavy atom. The molecule has 8 heteroatoms. The molecule has 2 aromatic carbocycles. The third kappa shape index (κ3) is 3.71. The van der Waals surface area contributed by atoms with Crippen LogP contribution < -0.4 is 11.0 Å². The van der Waals surface area contributed by atoms with Crippen molar-refractivity contribution in [2.24, 2.45) is 0 Å². The van der Waals surface area contributed by atoms with E-state index in [-0.39, 0.29) is 23.5 Å². The Bertz CT molecular complexity index is 1210. The van der Waals surface area contributed by atoms with Gasteiger partial charge in [0.2, 0.25) is 5.91 Å². The second-order valence-corrected chi connectivity index (χ2v) is 8.64. The number of imidazole rings is 1. The number of fused-ring (bicyclic) bond motifs is 2. The van der Waals surface area contributed by atoms with Crippen LogP contribution in [0.15, 0.2) is 47.3 Å². The van der Waals surface area contributed by atoms with Gasteiger partial charge in [0.25, 0.3) is 5.91 Å². The first-order valence-electron chi connectivity index (χ1n) is 11.1. The molecule has 2 aliphatic heterocycles. The molecule has 2 aliphatic rings. The highest BCUT2D eigenvalue weighted by molar-refractivity contribution is 5.97. The lowest BCUT2D eigenvalue weighted by molar-refractivity contribution is -0.133. The first-order valence-corrected chi connectivity index (χ1v) is 11.1. The van der Waals surface area contributed by atoms with Crippen LogP contribution in [0.4, 0.5) is 0 Å². The molecule has 1 aromatic heterocycles. The van der Waals surface area contributed by atoms with Crippen LogP contribution >= 0.6 is 0 Å². The minimum atomic E-state index is -0.181. The van der Waals surface area contributed by atoms with E-state index in [1.54, 1.807) is 23.7 Å². The van der Waals surface area contributed by atoms with Gasteiger partial charge in [-0.15, -0.1) is 0 Å². The topological polar surface area (TPSA) is 90.4 Å². The number of H-pyrrole nitrogens is 1. The summed E-state index contributed by atoms with van der Waals surface area (Å²) in [5.74, 6) is -0.0229. The summed E-state index contributed by atoms with van der Waals surface area (Å²) < 4.78 is 1.80. The van der Waals surface area contributed by atoms with Gasteiger partial charge in [0.05, 0.1) is 17.6 Å². The average Bonchev–Trinajstić information content (AvgIpc) is 3.39. The second-order valence-electron chi connectivity index (χ2n) is 8.64. The van der Waals surface area contributed by atoms with Gasteiger partial charge in [0, 0.05) is 44.8 Å². The molecule has 0 atom stereocenters.